The van der Waals surface area contributed by atoms with Crippen LogP contribution in [0.4, 0.5) is 0 Å². The lowest BCUT2D eigenvalue weighted by atomic mass is 9.85. The van der Waals surface area contributed by atoms with Crippen molar-refractivity contribution in [1.82, 2.24) is 0 Å². The molecular formula is C8H14O3. The summed E-state index contributed by atoms with van der Waals surface area (Å²) >= 11 is 0. The molecule has 1 heterocycles. The van der Waals surface area contributed by atoms with E-state index in [-0.39, 0.29) is 24.1 Å². The fourth-order valence-corrected chi connectivity index (χ4v) is 1.31. The molecule has 0 amide bonds. The Morgan fingerprint density at radius 2 is 2.45 bits per heavy atom. The zero-order chi connectivity index (χ0) is 8.48. The van der Waals surface area contributed by atoms with Crippen molar-refractivity contribution in [1.29, 1.82) is 0 Å². The van der Waals surface area contributed by atoms with Crippen LogP contribution in [0.25, 0.3) is 0 Å². The molecule has 1 saturated heterocycles. The van der Waals surface area contributed by atoms with Crippen LogP contribution in [0.15, 0.2) is 0 Å². The standard InChI is InChI=1S/C8H14O3/c1-3-8(2)4-6(5-9)11-7(8)10/h6,9H,3-5H2,1-2H3/t6-,8+/m0/s1. The van der Waals surface area contributed by atoms with Crippen LogP contribution in [0, 0.1) is 5.41 Å². The summed E-state index contributed by atoms with van der Waals surface area (Å²) < 4.78 is 4.93. The van der Waals surface area contributed by atoms with Crippen molar-refractivity contribution < 1.29 is 14.6 Å². The van der Waals surface area contributed by atoms with E-state index < -0.39 is 0 Å². The van der Waals surface area contributed by atoms with E-state index in [1.807, 2.05) is 13.8 Å². The highest BCUT2D eigenvalue weighted by atomic mass is 16.6. The van der Waals surface area contributed by atoms with E-state index in [0.29, 0.717) is 6.42 Å². The van der Waals surface area contributed by atoms with Gasteiger partial charge in [0, 0.05) is 6.42 Å². The Hall–Kier alpha value is -0.570. The number of aliphatic hydroxyl groups is 1. The SMILES string of the molecule is CC[C@]1(C)C[C@@H](CO)OC1=O. The highest BCUT2D eigenvalue weighted by Crippen LogP contribution is 2.36. The number of hydrogen-bond donors (Lipinski definition) is 1. The monoisotopic (exact) mass is 158 g/mol. The van der Waals surface area contributed by atoms with Crippen molar-refractivity contribution in [2.24, 2.45) is 5.41 Å². The molecule has 3 heteroatoms. The van der Waals surface area contributed by atoms with Gasteiger partial charge in [0.2, 0.25) is 0 Å². The number of esters is 1. The van der Waals surface area contributed by atoms with Crippen molar-refractivity contribution in [3.05, 3.63) is 0 Å². The molecule has 0 aromatic heterocycles. The Bertz CT molecular complexity index is 167. The lowest BCUT2D eigenvalue weighted by Gasteiger charge is -2.14. The van der Waals surface area contributed by atoms with Gasteiger partial charge in [-0.15, -0.1) is 0 Å². The third kappa shape index (κ3) is 1.38. The summed E-state index contributed by atoms with van der Waals surface area (Å²) in [5.41, 5.74) is -0.354. The van der Waals surface area contributed by atoms with Crippen LogP contribution in [0.3, 0.4) is 0 Å². The number of cyclic esters (lactones) is 1. The molecule has 0 aliphatic carbocycles. The van der Waals surface area contributed by atoms with Crippen LogP contribution in [0.2, 0.25) is 0 Å². The molecule has 0 saturated carbocycles. The molecule has 2 atom stereocenters. The van der Waals surface area contributed by atoms with Gasteiger partial charge in [-0.3, -0.25) is 4.79 Å². The molecule has 1 aliphatic rings. The van der Waals surface area contributed by atoms with E-state index in [1.165, 1.54) is 0 Å². The number of carbonyl (C=O) groups excluding carboxylic acids is 1. The van der Waals surface area contributed by atoms with Crippen LogP contribution < -0.4 is 0 Å². The van der Waals surface area contributed by atoms with Gasteiger partial charge in [0.25, 0.3) is 0 Å². The van der Waals surface area contributed by atoms with E-state index in [1.54, 1.807) is 0 Å². The highest BCUT2D eigenvalue weighted by molar-refractivity contribution is 5.78. The van der Waals surface area contributed by atoms with Gasteiger partial charge in [0.05, 0.1) is 12.0 Å². The predicted molar refractivity (Wildman–Crippen MR) is 40.0 cm³/mol. The predicted octanol–water partition coefficient (Wildman–Crippen LogP) is 0.710. The molecule has 0 aromatic rings. The zero-order valence-corrected chi connectivity index (χ0v) is 6.96. The smallest absolute Gasteiger partial charge is 0.312 e. The third-order valence-corrected chi connectivity index (χ3v) is 2.43. The maximum Gasteiger partial charge on any atom is 0.312 e. The molecule has 1 aliphatic heterocycles. The van der Waals surface area contributed by atoms with Gasteiger partial charge in [-0.05, 0) is 13.3 Å². The first-order chi connectivity index (χ1) is 5.12. The minimum Gasteiger partial charge on any atom is -0.459 e. The average Bonchev–Trinajstić information content (AvgIpc) is 2.29. The second-order valence-electron chi connectivity index (χ2n) is 3.33. The van der Waals surface area contributed by atoms with Gasteiger partial charge in [-0.1, -0.05) is 6.92 Å². The highest BCUT2D eigenvalue weighted by Gasteiger charge is 2.43. The average molecular weight is 158 g/mol. The van der Waals surface area contributed by atoms with Crippen LogP contribution in [0.5, 0.6) is 0 Å². The lowest BCUT2D eigenvalue weighted by Crippen LogP contribution is -2.20. The lowest BCUT2D eigenvalue weighted by molar-refractivity contribution is -0.149. The molecule has 11 heavy (non-hydrogen) atoms. The Kier molecular flexibility index (Phi) is 2.18. The number of ether oxygens (including phenoxy) is 1. The van der Waals surface area contributed by atoms with Gasteiger partial charge < -0.3 is 9.84 Å². The molecule has 3 nitrogen and oxygen atoms in total. The number of rotatable bonds is 2. The number of aliphatic hydroxyl groups excluding tert-OH is 1. The van der Waals surface area contributed by atoms with Crippen molar-refractivity contribution >= 4 is 5.97 Å². The molecule has 1 rings (SSSR count). The molecule has 0 unspecified atom stereocenters. The topological polar surface area (TPSA) is 46.5 Å². The number of carbonyl (C=O) groups is 1. The first-order valence-electron chi connectivity index (χ1n) is 3.94. The fraction of sp³-hybridized carbons (Fsp3) is 0.875. The van der Waals surface area contributed by atoms with Gasteiger partial charge in [-0.25, -0.2) is 0 Å². The summed E-state index contributed by atoms with van der Waals surface area (Å²) in [4.78, 5) is 11.2. The van der Waals surface area contributed by atoms with E-state index in [0.717, 1.165) is 6.42 Å². The van der Waals surface area contributed by atoms with Gasteiger partial charge >= 0.3 is 5.97 Å². The largest absolute Gasteiger partial charge is 0.459 e. The summed E-state index contributed by atoms with van der Waals surface area (Å²) in [6.45, 7) is 3.79. The summed E-state index contributed by atoms with van der Waals surface area (Å²) in [6.07, 6.45) is 1.16. The van der Waals surface area contributed by atoms with Crippen molar-refractivity contribution in [3.63, 3.8) is 0 Å². The first kappa shape index (κ1) is 8.53. The van der Waals surface area contributed by atoms with Crippen molar-refractivity contribution in [2.75, 3.05) is 6.61 Å². The normalized spacial score (nSPS) is 37.4. The molecule has 1 N–H and O–H groups in total. The van der Waals surface area contributed by atoms with Gasteiger partial charge in [-0.2, -0.15) is 0 Å². The Morgan fingerprint density at radius 1 is 1.82 bits per heavy atom. The summed E-state index contributed by atoms with van der Waals surface area (Å²) in [6, 6.07) is 0. The van der Waals surface area contributed by atoms with Crippen molar-refractivity contribution in [3.8, 4) is 0 Å². The second-order valence-corrected chi connectivity index (χ2v) is 3.33. The first-order valence-corrected chi connectivity index (χ1v) is 3.94. The van der Waals surface area contributed by atoms with Crippen LogP contribution in [0.1, 0.15) is 26.7 Å². The van der Waals surface area contributed by atoms with Gasteiger partial charge in [0.1, 0.15) is 6.10 Å². The maximum atomic E-state index is 11.2. The van der Waals surface area contributed by atoms with Crippen LogP contribution in [-0.2, 0) is 9.53 Å². The summed E-state index contributed by atoms with van der Waals surface area (Å²) in [5.74, 6) is -0.168. The van der Waals surface area contributed by atoms with E-state index >= 15 is 0 Å². The third-order valence-electron chi connectivity index (χ3n) is 2.43. The molecule has 64 valence electrons. The molecule has 0 bridgehead atoms. The minimum atomic E-state index is -0.354. The summed E-state index contributed by atoms with van der Waals surface area (Å²) in [5, 5.41) is 8.73. The van der Waals surface area contributed by atoms with E-state index in [4.69, 9.17) is 9.84 Å². The quantitative estimate of drug-likeness (QED) is 0.602. The number of hydrogen-bond acceptors (Lipinski definition) is 3. The van der Waals surface area contributed by atoms with E-state index in [2.05, 4.69) is 0 Å². The van der Waals surface area contributed by atoms with Crippen LogP contribution in [-0.4, -0.2) is 23.8 Å². The molecule has 0 radical (unpaired) electrons. The molecule has 0 aromatic carbocycles. The Balaban J connectivity index is 2.65. The molecule has 0 spiro atoms. The second kappa shape index (κ2) is 2.81. The molecule has 1 fully saturated rings. The molecular weight excluding hydrogens is 144 g/mol. The van der Waals surface area contributed by atoms with E-state index in [9.17, 15) is 4.79 Å². The Labute approximate surface area is 66.4 Å². The minimum absolute atomic E-state index is 0.0542. The van der Waals surface area contributed by atoms with Crippen molar-refractivity contribution in [2.45, 2.75) is 32.8 Å². The van der Waals surface area contributed by atoms with Crippen LogP contribution >= 0.6 is 0 Å². The fourth-order valence-electron chi connectivity index (χ4n) is 1.31. The summed E-state index contributed by atoms with van der Waals surface area (Å²) in [7, 11) is 0. The van der Waals surface area contributed by atoms with Gasteiger partial charge in [0.15, 0.2) is 0 Å². The zero-order valence-electron chi connectivity index (χ0n) is 6.96. The Morgan fingerprint density at radius 3 is 2.73 bits per heavy atom. The maximum absolute atomic E-state index is 11.2.